The van der Waals surface area contributed by atoms with Crippen LogP contribution in [0, 0.1) is 11.6 Å². The first-order chi connectivity index (χ1) is 13.3. The van der Waals surface area contributed by atoms with Gasteiger partial charge in [-0.25, -0.2) is 17.2 Å². The number of anilines is 2. The Morgan fingerprint density at radius 2 is 1.54 bits per heavy atom. The van der Waals surface area contributed by atoms with Gasteiger partial charge in [0.2, 0.25) is 0 Å². The lowest BCUT2D eigenvalue weighted by Gasteiger charge is -2.11. The molecular formula is C19H13ClF2N2O3S. The van der Waals surface area contributed by atoms with Gasteiger partial charge in [0.25, 0.3) is 15.9 Å². The monoisotopic (exact) mass is 422 g/mol. The number of rotatable bonds is 5. The third-order valence-electron chi connectivity index (χ3n) is 3.71. The van der Waals surface area contributed by atoms with Crippen LogP contribution in [0.4, 0.5) is 20.2 Å². The molecule has 1 amide bonds. The van der Waals surface area contributed by atoms with E-state index < -0.39 is 33.1 Å². The average Bonchev–Trinajstić information content (AvgIpc) is 2.63. The van der Waals surface area contributed by atoms with Crippen molar-refractivity contribution in [3.63, 3.8) is 0 Å². The molecule has 0 aromatic heterocycles. The van der Waals surface area contributed by atoms with E-state index in [1.165, 1.54) is 30.3 Å². The van der Waals surface area contributed by atoms with Crippen LogP contribution in [0.3, 0.4) is 0 Å². The van der Waals surface area contributed by atoms with Gasteiger partial charge in [0.05, 0.1) is 15.6 Å². The molecule has 0 fully saturated rings. The zero-order chi connectivity index (χ0) is 20.3. The van der Waals surface area contributed by atoms with E-state index in [9.17, 15) is 22.0 Å². The lowest BCUT2D eigenvalue weighted by Crippen LogP contribution is -2.17. The molecule has 3 rings (SSSR count). The van der Waals surface area contributed by atoms with Crippen LogP contribution in [0.5, 0.6) is 0 Å². The predicted octanol–water partition coefficient (Wildman–Crippen LogP) is 4.67. The molecule has 0 atom stereocenters. The van der Waals surface area contributed by atoms with Gasteiger partial charge in [-0.3, -0.25) is 9.52 Å². The molecule has 3 aromatic carbocycles. The van der Waals surface area contributed by atoms with Gasteiger partial charge < -0.3 is 5.32 Å². The fourth-order valence-corrected chi connectivity index (χ4v) is 3.76. The molecule has 9 heteroatoms. The lowest BCUT2D eigenvalue weighted by molar-refractivity contribution is 0.101. The van der Waals surface area contributed by atoms with Gasteiger partial charge in [-0.2, -0.15) is 0 Å². The summed E-state index contributed by atoms with van der Waals surface area (Å²) in [6.45, 7) is 0. The first-order valence-corrected chi connectivity index (χ1v) is 9.77. The van der Waals surface area contributed by atoms with Crippen LogP contribution < -0.4 is 10.0 Å². The number of benzene rings is 3. The standard InChI is InChI=1S/C19H13ClF2N2O3S/c20-14-7-1-2-10-17(14)24-28(26,27)13-6-3-5-12(11-13)23-19(25)18-15(21)8-4-9-16(18)22/h1-11,24H,(H,23,25). The average molecular weight is 423 g/mol. The summed E-state index contributed by atoms with van der Waals surface area (Å²) < 4.78 is 54.9. The van der Waals surface area contributed by atoms with Crippen molar-refractivity contribution in [3.05, 3.63) is 89.0 Å². The number of amides is 1. The molecule has 3 aromatic rings. The zero-order valence-corrected chi connectivity index (χ0v) is 15.7. The molecule has 0 heterocycles. The maximum absolute atomic E-state index is 13.7. The molecule has 2 N–H and O–H groups in total. The second-order valence-corrected chi connectivity index (χ2v) is 7.75. The van der Waals surface area contributed by atoms with E-state index in [4.69, 9.17) is 11.6 Å². The molecule has 0 aliphatic rings. The third kappa shape index (κ3) is 4.29. The molecule has 0 saturated heterocycles. The Labute approximate surface area is 165 Å². The molecule has 0 spiro atoms. The van der Waals surface area contributed by atoms with Gasteiger partial charge in [0.15, 0.2) is 0 Å². The third-order valence-corrected chi connectivity index (χ3v) is 5.40. The molecule has 0 bridgehead atoms. The summed E-state index contributed by atoms with van der Waals surface area (Å²) in [5.41, 5.74) is -0.522. The quantitative estimate of drug-likeness (QED) is 0.627. The van der Waals surface area contributed by atoms with Crippen molar-refractivity contribution in [3.8, 4) is 0 Å². The maximum atomic E-state index is 13.7. The minimum atomic E-state index is -4.01. The predicted molar refractivity (Wildman–Crippen MR) is 103 cm³/mol. The summed E-state index contributed by atoms with van der Waals surface area (Å²) in [5, 5.41) is 2.50. The summed E-state index contributed by atoms with van der Waals surface area (Å²) in [6, 6.07) is 14.6. The molecule has 0 aliphatic carbocycles. The fraction of sp³-hybridized carbons (Fsp3) is 0. The maximum Gasteiger partial charge on any atom is 0.262 e. The Kier molecular flexibility index (Phi) is 5.62. The summed E-state index contributed by atoms with van der Waals surface area (Å²) in [5.74, 6) is -3.09. The topological polar surface area (TPSA) is 75.3 Å². The van der Waals surface area contributed by atoms with Crippen LogP contribution in [-0.4, -0.2) is 14.3 Å². The largest absolute Gasteiger partial charge is 0.322 e. The Hall–Kier alpha value is -2.97. The summed E-state index contributed by atoms with van der Waals surface area (Å²) in [4.78, 5) is 12.0. The Bertz CT molecular complexity index is 1130. The first kappa shape index (κ1) is 19.8. The van der Waals surface area contributed by atoms with Crippen molar-refractivity contribution in [1.29, 1.82) is 0 Å². The summed E-state index contributed by atoms with van der Waals surface area (Å²) >= 11 is 5.96. The number of hydrogen-bond acceptors (Lipinski definition) is 3. The van der Waals surface area contributed by atoms with Crippen LogP contribution in [0.1, 0.15) is 10.4 Å². The van der Waals surface area contributed by atoms with E-state index in [2.05, 4.69) is 10.0 Å². The van der Waals surface area contributed by atoms with E-state index in [0.29, 0.717) is 0 Å². The van der Waals surface area contributed by atoms with E-state index in [0.717, 1.165) is 24.3 Å². The van der Waals surface area contributed by atoms with Crippen molar-refractivity contribution < 1.29 is 22.0 Å². The van der Waals surface area contributed by atoms with Gasteiger partial charge in [-0.1, -0.05) is 35.9 Å². The van der Waals surface area contributed by atoms with Crippen LogP contribution in [-0.2, 0) is 10.0 Å². The summed E-state index contributed by atoms with van der Waals surface area (Å²) in [6.07, 6.45) is 0. The van der Waals surface area contributed by atoms with Crippen molar-refractivity contribution in [2.75, 3.05) is 10.0 Å². The van der Waals surface area contributed by atoms with Gasteiger partial charge in [0.1, 0.15) is 17.2 Å². The molecule has 5 nitrogen and oxygen atoms in total. The molecule has 28 heavy (non-hydrogen) atoms. The Morgan fingerprint density at radius 3 is 2.21 bits per heavy atom. The van der Waals surface area contributed by atoms with E-state index in [1.54, 1.807) is 12.1 Å². The van der Waals surface area contributed by atoms with Gasteiger partial charge in [-0.05, 0) is 42.5 Å². The number of carbonyl (C=O) groups excluding carboxylic acids is 1. The number of carbonyl (C=O) groups is 1. The van der Waals surface area contributed by atoms with Gasteiger partial charge in [-0.15, -0.1) is 0 Å². The molecule has 0 aliphatic heterocycles. The molecule has 144 valence electrons. The van der Waals surface area contributed by atoms with Crippen LogP contribution in [0.15, 0.2) is 71.6 Å². The Morgan fingerprint density at radius 1 is 0.893 bits per heavy atom. The first-order valence-electron chi connectivity index (χ1n) is 7.91. The van der Waals surface area contributed by atoms with Crippen molar-refractivity contribution in [2.24, 2.45) is 0 Å². The highest BCUT2D eigenvalue weighted by Crippen LogP contribution is 2.25. The number of hydrogen-bond donors (Lipinski definition) is 2. The highest BCUT2D eigenvalue weighted by molar-refractivity contribution is 7.92. The van der Waals surface area contributed by atoms with Crippen molar-refractivity contribution in [2.45, 2.75) is 4.90 Å². The van der Waals surface area contributed by atoms with Crippen molar-refractivity contribution in [1.82, 2.24) is 0 Å². The second-order valence-electron chi connectivity index (χ2n) is 5.66. The summed E-state index contributed by atoms with van der Waals surface area (Å²) in [7, 11) is -4.01. The minimum absolute atomic E-state index is 0.0506. The number of sulfonamides is 1. The van der Waals surface area contributed by atoms with Crippen molar-refractivity contribution >= 4 is 38.9 Å². The lowest BCUT2D eigenvalue weighted by atomic mass is 10.2. The molecular weight excluding hydrogens is 410 g/mol. The molecule has 0 radical (unpaired) electrons. The van der Waals surface area contributed by atoms with E-state index >= 15 is 0 Å². The number of nitrogens with one attached hydrogen (secondary N) is 2. The van der Waals surface area contributed by atoms with E-state index in [-0.39, 0.29) is 21.3 Å². The zero-order valence-electron chi connectivity index (χ0n) is 14.1. The SMILES string of the molecule is O=C(Nc1cccc(S(=O)(=O)Nc2ccccc2Cl)c1)c1c(F)cccc1F. The van der Waals surface area contributed by atoms with Crippen LogP contribution in [0.2, 0.25) is 5.02 Å². The highest BCUT2D eigenvalue weighted by Gasteiger charge is 2.19. The number of halogens is 3. The van der Waals surface area contributed by atoms with Gasteiger partial charge >= 0.3 is 0 Å². The van der Waals surface area contributed by atoms with Crippen LogP contribution >= 0.6 is 11.6 Å². The van der Waals surface area contributed by atoms with E-state index in [1.807, 2.05) is 0 Å². The second kappa shape index (κ2) is 7.95. The number of para-hydroxylation sites is 1. The smallest absolute Gasteiger partial charge is 0.262 e. The minimum Gasteiger partial charge on any atom is -0.322 e. The molecule has 0 saturated carbocycles. The highest BCUT2D eigenvalue weighted by atomic mass is 35.5. The Balaban J connectivity index is 1.86. The molecule has 0 unspecified atom stereocenters. The normalized spacial score (nSPS) is 11.1. The van der Waals surface area contributed by atoms with Gasteiger partial charge in [0, 0.05) is 5.69 Å². The van der Waals surface area contributed by atoms with Crippen LogP contribution in [0.25, 0.3) is 0 Å². The fourth-order valence-electron chi connectivity index (χ4n) is 2.40.